The van der Waals surface area contributed by atoms with Crippen LogP contribution in [0.5, 0.6) is 0 Å². The van der Waals surface area contributed by atoms with Gasteiger partial charge >= 0.3 is 0 Å². The molecule has 0 spiro atoms. The highest BCUT2D eigenvalue weighted by Gasteiger charge is 2.46. The third-order valence-corrected chi connectivity index (χ3v) is 3.94. The maximum atomic E-state index is 12.1. The van der Waals surface area contributed by atoms with Gasteiger partial charge in [-0.3, -0.25) is 9.59 Å². The van der Waals surface area contributed by atoms with Crippen molar-refractivity contribution in [3.63, 3.8) is 0 Å². The number of ketones is 2. The molecule has 0 amide bonds. The van der Waals surface area contributed by atoms with Gasteiger partial charge in [0, 0.05) is 5.56 Å². The Labute approximate surface area is 106 Å². The lowest BCUT2D eigenvalue weighted by atomic mass is 9.74. The van der Waals surface area contributed by atoms with E-state index >= 15 is 0 Å². The van der Waals surface area contributed by atoms with Crippen LogP contribution in [-0.2, 0) is 9.53 Å². The topological polar surface area (TPSA) is 43.4 Å². The number of hydrogen-bond acceptors (Lipinski definition) is 3. The molecule has 3 nitrogen and oxygen atoms in total. The third kappa shape index (κ3) is 1.62. The first-order chi connectivity index (χ1) is 8.49. The summed E-state index contributed by atoms with van der Waals surface area (Å²) in [4.78, 5) is 24.1. The molecular formula is C15H16O3. The molecule has 0 radical (unpaired) electrons. The highest BCUT2D eigenvalue weighted by atomic mass is 16.5. The second-order valence-corrected chi connectivity index (χ2v) is 5.72. The van der Waals surface area contributed by atoms with E-state index in [0.717, 1.165) is 18.4 Å². The van der Waals surface area contributed by atoms with Gasteiger partial charge in [-0.1, -0.05) is 24.3 Å². The lowest BCUT2D eigenvalue weighted by molar-refractivity contribution is -0.154. The van der Waals surface area contributed by atoms with Crippen LogP contribution in [0.2, 0.25) is 0 Å². The Kier molecular flexibility index (Phi) is 2.42. The predicted molar refractivity (Wildman–Crippen MR) is 66.4 cm³/mol. The largest absolute Gasteiger partial charge is 0.367 e. The molecule has 3 heteroatoms. The minimum atomic E-state index is -0.352. The van der Waals surface area contributed by atoms with Gasteiger partial charge in [0.2, 0.25) is 11.6 Å². The minimum absolute atomic E-state index is 0.227. The van der Waals surface area contributed by atoms with Crippen molar-refractivity contribution < 1.29 is 14.3 Å². The molecule has 1 fully saturated rings. The summed E-state index contributed by atoms with van der Waals surface area (Å²) in [5, 5.41) is 0. The molecular weight excluding hydrogens is 228 g/mol. The highest BCUT2D eigenvalue weighted by molar-refractivity contribution is 6.45. The van der Waals surface area contributed by atoms with Crippen molar-refractivity contribution in [3.8, 4) is 0 Å². The zero-order valence-corrected chi connectivity index (χ0v) is 10.6. The number of rotatable bonds is 0. The molecule has 1 heterocycles. The lowest BCUT2D eigenvalue weighted by Gasteiger charge is -2.42. The zero-order chi connectivity index (χ0) is 12.9. The number of ether oxygens (including phenoxy) is 1. The minimum Gasteiger partial charge on any atom is -0.367 e. The Morgan fingerprint density at radius 2 is 1.94 bits per heavy atom. The molecule has 94 valence electrons. The molecule has 0 bridgehead atoms. The van der Waals surface area contributed by atoms with Gasteiger partial charge in [0.1, 0.15) is 0 Å². The van der Waals surface area contributed by atoms with E-state index in [0.29, 0.717) is 5.56 Å². The Morgan fingerprint density at radius 3 is 2.72 bits per heavy atom. The van der Waals surface area contributed by atoms with Crippen molar-refractivity contribution in [2.24, 2.45) is 5.92 Å². The highest BCUT2D eigenvalue weighted by Crippen LogP contribution is 2.45. The molecule has 1 aliphatic heterocycles. The number of hydrogen-bond donors (Lipinski definition) is 0. The van der Waals surface area contributed by atoms with Crippen LogP contribution in [0.15, 0.2) is 24.3 Å². The van der Waals surface area contributed by atoms with Crippen LogP contribution in [0.1, 0.15) is 48.7 Å². The summed E-state index contributed by atoms with van der Waals surface area (Å²) in [5.41, 5.74) is 1.16. The molecule has 1 aliphatic carbocycles. The summed E-state index contributed by atoms with van der Waals surface area (Å²) >= 11 is 0. The van der Waals surface area contributed by atoms with Gasteiger partial charge in [-0.25, -0.2) is 0 Å². The molecule has 1 saturated heterocycles. The van der Waals surface area contributed by atoms with Crippen LogP contribution in [0.4, 0.5) is 0 Å². The van der Waals surface area contributed by atoms with E-state index in [-0.39, 0.29) is 29.2 Å². The average Bonchev–Trinajstić information content (AvgIpc) is 2.35. The fraction of sp³-hybridized carbons (Fsp3) is 0.467. The fourth-order valence-corrected chi connectivity index (χ4v) is 2.94. The monoisotopic (exact) mass is 244 g/mol. The van der Waals surface area contributed by atoms with Crippen LogP contribution in [0, 0.1) is 5.92 Å². The first-order valence-electron chi connectivity index (χ1n) is 6.35. The second-order valence-electron chi connectivity index (χ2n) is 5.72. The number of Topliss-reactive ketones (excluding diaryl/α,β-unsaturated/α-hetero) is 2. The van der Waals surface area contributed by atoms with Crippen LogP contribution in [0.25, 0.3) is 0 Å². The number of carbonyl (C=O) groups is 2. The van der Waals surface area contributed by atoms with E-state index in [4.69, 9.17) is 4.74 Å². The van der Waals surface area contributed by atoms with Crippen molar-refractivity contribution in [1.82, 2.24) is 0 Å². The van der Waals surface area contributed by atoms with Gasteiger partial charge in [-0.2, -0.15) is 0 Å². The van der Waals surface area contributed by atoms with Crippen LogP contribution >= 0.6 is 0 Å². The molecule has 18 heavy (non-hydrogen) atoms. The van der Waals surface area contributed by atoms with E-state index in [1.807, 2.05) is 26.0 Å². The first kappa shape index (κ1) is 11.6. The Hall–Kier alpha value is -1.48. The third-order valence-electron chi connectivity index (χ3n) is 3.94. The summed E-state index contributed by atoms with van der Waals surface area (Å²) < 4.78 is 6.05. The van der Waals surface area contributed by atoms with Gasteiger partial charge in [-0.05, 0) is 32.3 Å². The normalized spacial score (nSPS) is 29.7. The summed E-state index contributed by atoms with van der Waals surface area (Å²) in [7, 11) is 0. The van der Waals surface area contributed by atoms with Crippen LogP contribution in [0.3, 0.4) is 0 Å². The van der Waals surface area contributed by atoms with Crippen molar-refractivity contribution in [2.75, 3.05) is 0 Å². The lowest BCUT2D eigenvalue weighted by Crippen LogP contribution is -2.44. The molecule has 0 saturated carbocycles. The average molecular weight is 244 g/mol. The van der Waals surface area contributed by atoms with E-state index in [1.165, 1.54) is 0 Å². The van der Waals surface area contributed by atoms with E-state index in [2.05, 4.69) is 0 Å². The van der Waals surface area contributed by atoms with E-state index < -0.39 is 0 Å². The summed E-state index contributed by atoms with van der Waals surface area (Å²) in [6, 6.07) is 7.30. The maximum absolute atomic E-state index is 12.1. The van der Waals surface area contributed by atoms with Crippen LogP contribution in [-0.4, -0.2) is 17.2 Å². The fourth-order valence-electron chi connectivity index (χ4n) is 2.94. The Morgan fingerprint density at radius 1 is 1.22 bits per heavy atom. The molecule has 1 aromatic rings. The summed E-state index contributed by atoms with van der Waals surface area (Å²) in [6.07, 6.45) is 1.29. The van der Waals surface area contributed by atoms with Crippen molar-refractivity contribution in [2.45, 2.75) is 38.4 Å². The molecule has 2 atom stereocenters. The van der Waals surface area contributed by atoms with Crippen molar-refractivity contribution >= 4 is 11.6 Å². The zero-order valence-electron chi connectivity index (χ0n) is 10.6. The van der Waals surface area contributed by atoms with E-state index in [9.17, 15) is 9.59 Å². The smallest absolute Gasteiger partial charge is 0.229 e. The predicted octanol–water partition coefficient (Wildman–Crippen LogP) is 2.70. The number of benzene rings is 1. The Bertz CT molecular complexity index is 530. The van der Waals surface area contributed by atoms with Gasteiger partial charge < -0.3 is 4.74 Å². The summed E-state index contributed by atoms with van der Waals surface area (Å²) in [5.74, 6) is -0.926. The quantitative estimate of drug-likeness (QED) is 0.659. The first-order valence-corrected chi connectivity index (χ1v) is 6.35. The molecule has 1 aromatic carbocycles. The van der Waals surface area contributed by atoms with Gasteiger partial charge in [0.05, 0.1) is 17.6 Å². The number of carbonyl (C=O) groups excluding carboxylic acids is 2. The number of fused-ring (bicyclic) bond motifs is 3. The molecule has 2 aliphatic rings. The van der Waals surface area contributed by atoms with E-state index in [1.54, 1.807) is 12.1 Å². The molecule has 0 N–H and O–H groups in total. The second kappa shape index (κ2) is 3.75. The van der Waals surface area contributed by atoms with Crippen LogP contribution < -0.4 is 0 Å². The van der Waals surface area contributed by atoms with Gasteiger partial charge in [0.25, 0.3) is 0 Å². The van der Waals surface area contributed by atoms with Crippen molar-refractivity contribution in [3.05, 3.63) is 35.4 Å². The van der Waals surface area contributed by atoms with Crippen molar-refractivity contribution in [1.29, 1.82) is 0 Å². The Balaban J connectivity index is 2.11. The molecule has 0 aromatic heterocycles. The van der Waals surface area contributed by atoms with Gasteiger partial charge in [0.15, 0.2) is 0 Å². The SMILES string of the molecule is CC1(C)CC[C@H]2C(=O)C(=O)c3ccccc3[C@H]2O1. The summed E-state index contributed by atoms with van der Waals surface area (Å²) in [6.45, 7) is 4.07. The maximum Gasteiger partial charge on any atom is 0.229 e. The van der Waals surface area contributed by atoms with Gasteiger partial charge in [-0.15, -0.1) is 0 Å². The molecule has 3 rings (SSSR count). The standard InChI is InChI=1S/C15H16O3/c1-15(2)8-7-11-13(17)12(16)9-5-3-4-6-10(9)14(11)18-15/h3-6,11,14H,7-8H2,1-2H3/t11-,14+/m0/s1. The molecule has 0 unspecified atom stereocenters.